The van der Waals surface area contributed by atoms with Gasteiger partial charge >= 0.3 is 0 Å². The highest BCUT2D eigenvalue weighted by Crippen LogP contribution is 2.32. The number of piperidine rings is 1. The van der Waals surface area contributed by atoms with Crippen LogP contribution in [0.1, 0.15) is 38.5 Å². The molecule has 3 aliphatic rings. The maximum Gasteiger partial charge on any atom is 0.0621 e. The average molecular weight is 238 g/mol. The molecule has 2 unspecified atom stereocenters. The predicted molar refractivity (Wildman–Crippen MR) is 69.2 cm³/mol. The molecule has 0 spiro atoms. The van der Waals surface area contributed by atoms with Crippen molar-refractivity contribution >= 4 is 0 Å². The third-order valence-electron chi connectivity index (χ3n) is 4.88. The highest BCUT2D eigenvalue weighted by molar-refractivity contribution is 4.91. The first-order valence-corrected chi connectivity index (χ1v) is 7.49. The molecule has 0 bridgehead atoms. The summed E-state index contributed by atoms with van der Waals surface area (Å²) in [4.78, 5) is 2.80. The molecule has 17 heavy (non-hydrogen) atoms. The van der Waals surface area contributed by atoms with Crippen LogP contribution in [-0.2, 0) is 4.74 Å². The van der Waals surface area contributed by atoms with Crippen LogP contribution in [0.25, 0.3) is 0 Å². The molecule has 0 aromatic heterocycles. The van der Waals surface area contributed by atoms with Gasteiger partial charge in [-0.05, 0) is 64.1 Å². The normalized spacial score (nSPS) is 37.4. The Morgan fingerprint density at radius 2 is 1.88 bits per heavy atom. The highest BCUT2D eigenvalue weighted by atomic mass is 16.5. The lowest BCUT2D eigenvalue weighted by Gasteiger charge is -2.40. The fraction of sp³-hybridized carbons (Fsp3) is 1.00. The van der Waals surface area contributed by atoms with Crippen molar-refractivity contribution in [3.63, 3.8) is 0 Å². The molecule has 0 aliphatic carbocycles. The van der Waals surface area contributed by atoms with E-state index >= 15 is 0 Å². The van der Waals surface area contributed by atoms with Gasteiger partial charge in [-0.15, -0.1) is 0 Å². The smallest absolute Gasteiger partial charge is 0.0621 e. The first-order valence-electron chi connectivity index (χ1n) is 7.49. The zero-order valence-corrected chi connectivity index (χ0v) is 10.9. The van der Waals surface area contributed by atoms with Crippen molar-refractivity contribution < 1.29 is 4.74 Å². The number of likely N-dealkylation sites (tertiary alicyclic amines) is 1. The summed E-state index contributed by atoms with van der Waals surface area (Å²) in [5.74, 6) is 0.945. The molecule has 3 heterocycles. The lowest BCUT2D eigenvalue weighted by Crippen LogP contribution is -2.48. The summed E-state index contributed by atoms with van der Waals surface area (Å²) in [6.07, 6.45) is 8.23. The molecule has 3 aliphatic heterocycles. The van der Waals surface area contributed by atoms with Gasteiger partial charge in [0.05, 0.1) is 6.61 Å². The molecule has 3 fully saturated rings. The van der Waals surface area contributed by atoms with Crippen LogP contribution in [0.4, 0.5) is 0 Å². The van der Waals surface area contributed by atoms with Gasteiger partial charge in [-0.2, -0.15) is 0 Å². The molecule has 3 nitrogen and oxygen atoms in total. The van der Waals surface area contributed by atoms with E-state index in [9.17, 15) is 0 Å². The number of nitrogens with zero attached hydrogens (tertiary/aromatic N) is 1. The molecular weight excluding hydrogens is 212 g/mol. The van der Waals surface area contributed by atoms with Crippen LogP contribution in [0, 0.1) is 5.92 Å². The molecule has 3 rings (SSSR count). The van der Waals surface area contributed by atoms with E-state index in [0.29, 0.717) is 0 Å². The molecule has 0 aromatic rings. The van der Waals surface area contributed by atoms with E-state index in [1.54, 1.807) is 0 Å². The summed E-state index contributed by atoms with van der Waals surface area (Å²) in [7, 11) is 0. The summed E-state index contributed by atoms with van der Waals surface area (Å²) in [6, 6.07) is 1.59. The zero-order valence-electron chi connectivity index (χ0n) is 10.9. The van der Waals surface area contributed by atoms with Crippen molar-refractivity contribution in [3.05, 3.63) is 0 Å². The molecule has 3 saturated heterocycles. The topological polar surface area (TPSA) is 24.5 Å². The van der Waals surface area contributed by atoms with Crippen LogP contribution in [0.2, 0.25) is 0 Å². The van der Waals surface area contributed by atoms with E-state index in [1.165, 1.54) is 58.2 Å². The minimum Gasteiger partial charge on any atom is -0.380 e. The second kappa shape index (κ2) is 5.68. The van der Waals surface area contributed by atoms with Gasteiger partial charge in [0.1, 0.15) is 0 Å². The second-order valence-corrected chi connectivity index (χ2v) is 5.91. The van der Waals surface area contributed by atoms with E-state index in [2.05, 4.69) is 10.2 Å². The third-order valence-corrected chi connectivity index (χ3v) is 4.88. The molecule has 0 amide bonds. The number of nitrogens with one attached hydrogen (secondary N) is 1. The fourth-order valence-corrected chi connectivity index (χ4v) is 3.99. The number of ether oxygens (including phenoxy) is 1. The van der Waals surface area contributed by atoms with Crippen molar-refractivity contribution in [2.45, 2.75) is 50.6 Å². The molecule has 0 aromatic carbocycles. The number of rotatable bonds is 2. The Kier molecular flexibility index (Phi) is 3.99. The molecule has 2 atom stereocenters. The number of hydrogen-bond donors (Lipinski definition) is 1. The molecule has 3 heteroatoms. The molecule has 1 N–H and O–H groups in total. The van der Waals surface area contributed by atoms with Crippen LogP contribution in [0.5, 0.6) is 0 Å². The van der Waals surface area contributed by atoms with Gasteiger partial charge in [-0.25, -0.2) is 0 Å². The van der Waals surface area contributed by atoms with Gasteiger partial charge < -0.3 is 10.1 Å². The Labute approximate surface area is 105 Å². The molecule has 0 saturated carbocycles. The van der Waals surface area contributed by atoms with Gasteiger partial charge in [-0.3, -0.25) is 4.90 Å². The maximum absolute atomic E-state index is 5.68. The van der Waals surface area contributed by atoms with Crippen LogP contribution in [0.15, 0.2) is 0 Å². The highest BCUT2D eigenvalue weighted by Gasteiger charge is 2.36. The van der Waals surface area contributed by atoms with Crippen molar-refractivity contribution in [1.82, 2.24) is 10.2 Å². The summed E-state index contributed by atoms with van der Waals surface area (Å²) in [5.41, 5.74) is 0. The first-order chi connectivity index (χ1) is 8.45. The van der Waals surface area contributed by atoms with E-state index in [4.69, 9.17) is 4.74 Å². The van der Waals surface area contributed by atoms with Crippen molar-refractivity contribution in [3.8, 4) is 0 Å². The molecular formula is C14H26N2O. The van der Waals surface area contributed by atoms with Gasteiger partial charge in [0, 0.05) is 18.7 Å². The minimum absolute atomic E-state index is 0.728. The molecule has 0 radical (unpaired) electrons. The summed E-state index contributed by atoms with van der Waals surface area (Å²) in [6.45, 7) is 5.76. The monoisotopic (exact) mass is 238 g/mol. The summed E-state index contributed by atoms with van der Waals surface area (Å²) >= 11 is 0. The Hall–Kier alpha value is -0.120. The van der Waals surface area contributed by atoms with Crippen LogP contribution in [0.3, 0.4) is 0 Å². The quantitative estimate of drug-likeness (QED) is 0.791. The van der Waals surface area contributed by atoms with Crippen molar-refractivity contribution in [2.75, 3.05) is 32.8 Å². The van der Waals surface area contributed by atoms with Crippen LogP contribution in [-0.4, -0.2) is 49.8 Å². The summed E-state index contributed by atoms with van der Waals surface area (Å²) < 4.78 is 5.68. The van der Waals surface area contributed by atoms with Gasteiger partial charge in [-0.1, -0.05) is 0 Å². The summed E-state index contributed by atoms with van der Waals surface area (Å²) in [5, 5.41) is 3.49. The standard InChI is InChI=1S/C14H26N2O/c1-4-14(12-5-7-15-8-6-12)16(9-1)13-3-2-10-17-11-13/h12-15H,1-11H2. The average Bonchev–Trinajstić information content (AvgIpc) is 2.90. The largest absolute Gasteiger partial charge is 0.380 e. The molecule has 98 valence electrons. The Morgan fingerprint density at radius 1 is 1.00 bits per heavy atom. The van der Waals surface area contributed by atoms with Crippen LogP contribution < -0.4 is 5.32 Å². The Morgan fingerprint density at radius 3 is 2.65 bits per heavy atom. The van der Waals surface area contributed by atoms with E-state index in [-0.39, 0.29) is 0 Å². The second-order valence-electron chi connectivity index (χ2n) is 5.91. The van der Waals surface area contributed by atoms with E-state index in [0.717, 1.165) is 31.2 Å². The lowest BCUT2D eigenvalue weighted by atomic mass is 9.88. The van der Waals surface area contributed by atoms with Crippen LogP contribution >= 0.6 is 0 Å². The number of hydrogen-bond acceptors (Lipinski definition) is 3. The third kappa shape index (κ3) is 2.67. The van der Waals surface area contributed by atoms with Gasteiger partial charge in [0.25, 0.3) is 0 Å². The lowest BCUT2D eigenvalue weighted by molar-refractivity contribution is 0.000596. The van der Waals surface area contributed by atoms with Gasteiger partial charge in [0.15, 0.2) is 0 Å². The maximum atomic E-state index is 5.68. The first kappa shape index (κ1) is 11.9. The van der Waals surface area contributed by atoms with Crippen molar-refractivity contribution in [2.24, 2.45) is 5.92 Å². The predicted octanol–water partition coefficient (Wildman–Crippen LogP) is 1.63. The van der Waals surface area contributed by atoms with E-state index in [1.807, 2.05) is 0 Å². The fourth-order valence-electron chi connectivity index (χ4n) is 3.99. The Bertz CT molecular complexity index is 210. The van der Waals surface area contributed by atoms with Crippen molar-refractivity contribution in [1.29, 1.82) is 0 Å². The minimum atomic E-state index is 0.728. The SMILES string of the molecule is C1COCC(N2CCCC2C2CCNCC2)C1. The Balaban J connectivity index is 1.61. The van der Waals surface area contributed by atoms with E-state index < -0.39 is 0 Å². The van der Waals surface area contributed by atoms with Gasteiger partial charge in [0.2, 0.25) is 0 Å². The zero-order chi connectivity index (χ0) is 11.5.